The van der Waals surface area contributed by atoms with E-state index in [2.05, 4.69) is 23.3 Å². The van der Waals surface area contributed by atoms with Gasteiger partial charge in [0.15, 0.2) is 0 Å². The first-order valence-electron chi connectivity index (χ1n) is 2.22. The molecule has 1 aliphatic rings. The monoisotopic (exact) mass is 116 g/mol. The van der Waals surface area contributed by atoms with E-state index in [1.807, 2.05) is 12.3 Å². The fourth-order valence-corrected chi connectivity index (χ4v) is 0.648. The highest BCUT2D eigenvalue weighted by molar-refractivity contribution is 7.80. The first kappa shape index (κ1) is 5.00. The normalized spacial score (nSPS) is 29.6. The fourth-order valence-electron chi connectivity index (χ4n) is 0.457. The molecular weight excluding hydrogens is 108 g/mol. The van der Waals surface area contributed by atoms with Crippen LogP contribution in [-0.2, 0) is 0 Å². The molecule has 0 radical (unpaired) electrons. The minimum absolute atomic E-state index is 0.144. The van der Waals surface area contributed by atoms with Crippen molar-refractivity contribution in [3.63, 3.8) is 0 Å². The molecule has 2 nitrogen and oxygen atoms in total. The average molecular weight is 116 g/mol. The van der Waals surface area contributed by atoms with Gasteiger partial charge in [-0.05, 0) is 6.20 Å². The van der Waals surface area contributed by atoms with Crippen LogP contribution in [0, 0.1) is 0 Å². The predicted octanol–water partition coefficient (Wildman–Crippen LogP) is -0.0937. The highest BCUT2D eigenvalue weighted by Crippen LogP contribution is 1.87. The third kappa shape index (κ3) is 1.41. The molecule has 0 fully saturated rings. The Morgan fingerprint density at radius 2 is 2.57 bits per heavy atom. The third-order valence-electron chi connectivity index (χ3n) is 0.801. The molecule has 2 N–H and O–H groups in total. The van der Waals surface area contributed by atoms with Crippen LogP contribution in [0.5, 0.6) is 0 Å². The summed E-state index contributed by atoms with van der Waals surface area (Å²) in [6.45, 7) is 0.918. The second kappa shape index (κ2) is 2.23. The minimum atomic E-state index is 0.144. The Balaban J connectivity index is 2.32. The van der Waals surface area contributed by atoms with Crippen LogP contribution < -0.4 is 10.6 Å². The lowest BCUT2D eigenvalue weighted by Crippen LogP contribution is -2.37. The van der Waals surface area contributed by atoms with E-state index in [1.165, 1.54) is 0 Å². The van der Waals surface area contributed by atoms with Crippen molar-refractivity contribution in [3.8, 4) is 0 Å². The van der Waals surface area contributed by atoms with Crippen molar-refractivity contribution in [2.75, 3.05) is 6.54 Å². The summed E-state index contributed by atoms with van der Waals surface area (Å²) < 4.78 is 0. The Morgan fingerprint density at radius 3 is 2.86 bits per heavy atom. The molecule has 0 aliphatic carbocycles. The lowest BCUT2D eigenvalue weighted by atomic mass is 10.5. The van der Waals surface area contributed by atoms with Crippen molar-refractivity contribution in [2.24, 2.45) is 0 Å². The van der Waals surface area contributed by atoms with E-state index in [0.717, 1.165) is 6.54 Å². The standard InChI is InChI=1S/C4H8N2S/c7-4-5-2-1-3-6-4/h1-2,4-7H,3H2. The summed E-state index contributed by atoms with van der Waals surface area (Å²) in [6, 6.07) is 0. The van der Waals surface area contributed by atoms with Crippen molar-refractivity contribution in [3.05, 3.63) is 12.3 Å². The maximum atomic E-state index is 4.09. The second-order valence-corrected chi connectivity index (χ2v) is 1.90. The Morgan fingerprint density at radius 1 is 1.71 bits per heavy atom. The number of hydrogen-bond acceptors (Lipinski definition) is 3. The molecule has 1 rings (SSSR count). The second-order valence-electron chi connectivity index (χ2n) is 1.38. The zero-order chi connectivity index (χ0) is 5.11. The van der Waals surface area contributed by atoms with Crippen molar-refractivity contribution in [1.82, 2.24) is 10.6 Å². The molecule has 40 valence electrons. The summed E-state index contributed by atoms with van der Waals surface area (Å²) >= 11 is 4.09. The lowest BCUT2D eigenvalue weighted by molar-refractivity contribution is 0.625. The summed E-state index contributed by atoms with van der Waals surface area (Å²) in [5, 5.41) is 6.00. The van der Waals surface area contributed by atoms with E-state index in [4.69, 9.17) is 0 Å². The molecule has 1 aliphatic heterocycles. The Hall–Kier alpha value is -0.150. The fraction of sp³-hybridized carbons (Fsp3) is 0.500. The van der Waals surface area contributed by atoms with E-state index in [9.17, 15) is 0 Å². The molecule has 1 heterocycles. The lowest BCUT2D eigenvalue weighted by Gasteiger charge is -2.14. The first-order chi connectivity index (χ1) is 3.39. The van der Waals surface area contributed by atoms with Gasteiger partial charge in [0, 0.05) is 6.54 Å². The van der Waals surface area contributed by atoms with Crippen LogP contribution in [0.15, 0.2) is 12.3 Å². The van der Waals surface area contributed by atoms with Crippen molar-refractivity contribution in [1.29, 1.82) is 0 Å². The third-order valence-corrected chi connectivity index (χ3v) is 1.13. The maximum absolute atomic E-state index is 4.09. The van der Waals surface area contributed by atoms with E-state index in [0.29, 0.717) is 0 Å². The molecule has 0 aromatic rings. The van der Waals surface area contributed by atoms with Gasteiger partial charge in [0.2, 0.25) is 0 Å². The molecule has 7 heavy (non-hydrogen) atoms. The van der Waals surface area contributed by atoms with Crippen LogP contribution in [0.3, 0.4) is 0 Å². The Labute approximate surface area is 48.4 Å². The largest absolute Gasteiger partial charge is 0.368 e. The van der Waals surface area contributed by atoms with Gasteiger partial charge in [-0.3, -0.25) is 5.32 Å². The van der Waals surface area contributed by atoms with Crippen LogP contribution in [-0.4, -0.2) is 12.0 Å². The molecule has 0 saturated carbocycles. The highest BCUT2D eigenvalue weighted by Gasteiger charge is 1.97. The molecule has 0 aromatic heterocycles. The predicted molar refractivity (Wildman–Crippen MR) is 33.1 cm³/mol. The average Bonchev–Trinajstić information content (AvgIpc) is 1.69. The number of rotatable bonds is 0. The van der Waals surface area contributed by atoms with Gasteiger partial charge < -0.3 is 5.32 Å². The van der Waals surface area contributed by atoms with Crippen molar-refractivity contribution in [2.45, 2.75) is 5.50 Å². The molecule has 0 amide bonds. The summed E-state index contributed by atoms with van der Waals surface area (Å²) in [4.78, 5) is 0. The molecule has 0 aromatic carbocycles. The van der Waals surface area contributed by atoms with Gasteiger partial charge >= 0.3 is 0 Å². The van der Waals surface area contributed by atoms with Gasteiger partial charge in [0.25, 0.3) is 0 Å². The van der Waals surface area contributed by atoms with Crippen LogP contribution in [0.4, 0.5) is 0 Å². The highest BCUT2D eigenvalue weighted by atomic mass is 32.1. The maximum Gasteiger partial charge on any atom is 0.122 e. The summed E-state index contributed by atoms with van der Waals surface area (Å²) in [5.41, 5.74) is 0.144. The van der Waals surface area contributed by atoms with E-state index in [-0.39, 0.29) is 5.50 Å². The topological polar surface area (TPSA) is 24.1 Å². The number of hydrogen-bond donors (Lipinski definition) is 3. The van der Waals surface area contributed by atoms with Gasteiger partial charge in [-0.2, -0.15) is 0 Å². The van der Waals surface area contributed by atoms with Gasteiger partial charge in [-0.15, -0.1) is 12.6 Å². The number of thiol groups is 1. The van der Waals surface area contributed by atoms with Crippen LogP contribution >= 0.6 is 12.6 Å². The van der Waals surface area contributed by atoms with Crippen LogP contribution in [0.1, 0.15) is 0 Å². The SMILES string of the molecule is SC1NC=CCN1. The van der Waals surface area contributed by atoms with Gasteiger partial charge in [0.1, 0.15) is 5.50 Å². The Kier molecular flexibility index (Phi) is 1.59. The smallest absolute Gasteiger partial charge is 0.122 e. The summed E-state index contributed by atoms with van der Waals surface area (Å²) in [6.07, 6.45) is 3.90. The van der Waals surface area contributed by atoms with E-state index >= 15 is 0 Å². The Bertz CT molecular complexity index is 81.8. The van der Waals surface area contributed by atoms with Crippen LogP contribution in [0.2, 0.25) is 0 Å². The molecule has 0 bridgehead atoms. The van der Waals surface area contributed by atoms with E-state index < -0.39 is 0 Å². The summed E-state index contributed by atoms with van der Waals surface area (Å²) in [5.74, 6) is 0. The molecule has 1 unspecified atom stereocenters. The molecule has 1 atom stereocenters. The van der Waals surface area contributed by atoms with E-state index in [1.54, 1.807) is 0 Å². The zero-order valence-electron chi connectivity index (χ0n) is 3.89. The first-order valence-corrected chi connectivity index (χ1v) is 2.74. The zero-order valence-corrected chi connectivity index (χ0v) is 4.78. The molecular formula is C4H8N2S. The van der Waals surface area contributed by atoms with Crippen molar-refractivity contribution >= 4 is 12.6 Å². The van der Waals surface area contributed by atoms with Gasteiger partial charge in [0.05, 0.1) is 0 Å². The quantitative estimate of drug-likeness (QED) is 0.385. The molecule has 0 saturated heterocycles. The summed E-state index contributed by atoms with van der Waals surface area (Å²) in [7, 11) is 0. The van der Waals surface area contributed by atoms with Crippen molar-refractivity contribution < 1.29 is 0 Å². The van der Waals surface area contributed by atoms with Crippen LogP contribution in [0.25, 0.3) is 0 Å². The molecule has 3 heteroatoms. The molecule has 0 spiro atoms. The van der Waals surface area contributed by atoms with Gasteiger partial charge in [-0.25, -0.2) is 0 Å². The number of nitrogens with one attached hydrogen (secondary N) is 2. The van der Waals surface area contributed by atoms with Gasteiger partial charge in [-0.1, -0.05) is 6.08 Å². The minimum Gasteiger partial charge on any atom is -0.368 e.